The maximum Gasteiger partial charge on any atom is 0.262 e. The van der Waals surface area contributed by atoms with Gasteiger partial charge in [-0.3, -0.25) is 4.72 Å². The van der Waals surface area contributed by atoms with Gasteiger partial charge in [0.2, 0.25) is 0 Å². The monoisotopic (exact) mass is 379 g/mol. The second kappa shape index (κ2) is 8.17. The van der Waals surface area contributed by atoms with E-state index < -0.39 is 10.0 Å². The Morgan fingerprint density at radius 3 is 2.32 bits per heavy atom. The van der Waals surface area contributed by atoms with Crippen LogP contribution < -0.4 is 20.1 Å². The SMILES string of the molecule is COc1ccccc1NS(=O)(=O)c1ccc(NC(=S)NC(C)C)cc1. The molecule has 3 N–H and O–H groups in total. The predicted molar refractivity (Wildman–Crippen MR) is 105 cm³/mol. The van der Waals surface area contributed by atoms with E-state index in [0.29, 0.717) is 22.2 Å². The number of methoxy groups -OCH3 is 1. The highest BCUT2D eigenvalue weighted by Crippen LogP contribution is 2.26. The van der Waals surface area contributed by atoms with Gasteiger partial charge in [-0.15, -0.1) is 0 Å². The van der Waals surface area contributed by atoms with Crippen LogP contribution in [0, 0.1) is 0 Å². The van der Waals surface area contributed by atoms with Crippen molar-refractivity contribution in [1.29, 1.82) is 0 Å². The molecule has 0 unspecified atom stereocenters. The number of para-hydroxylation sites is 2. The number of anilines is 2. The summed E-state index contributed by atoms with van der Waals surface area (Å²) in [5.74, 6) is 0.453. The number of ether oxygens (including phenoxy) is 1. The molecule has 0 aliphatic carbocycles. The minimum absolute atomic E-state index is 0.145. The number of thiocarbonyl (C=S) groups is 1. The van der Waals surface area contributed by atoms with Crippen LogP contribution in [0.25, 0.3) is 0 Å². The fraction of sp³-hybridized carbons (Fsp3) is 0.235. The molecule has 0 amide bonds. The Hall–Kier alpha value is -2.32. The molecule has 0 saturated heterocycles. The van der Waals surface area contributed by atoms with Crippen LogP contribution in [0.3, 0.4) is 0 Å². The summed E-state index contributed by atoms with van der Waals surface area (Å²) in [6.07, 6.45) is 0. The van der Waals surface area contributed by atoms with Crippen molar-refractivity contribution >= 4 is 38.7 Å². The van der Waals surface area contributed by atoms with E-state index in [-0.39, 0.29) is 10.9 Å². The number of sulfonamides is 1. The van der Waals surface area contributed by atoms with Crippen molar-refractivity contribution in [2.24, 2.45) is 0 Å². The van der Waals surface area contributed by atoms with Gasteiger partial charge in [-0.25, -0.2) is 8.42 Å². The van der Waals surface area contributed by atoms with Crippen molar-refractivity contribution < 1.29 is 13.2 Å². The first-order valence-electron chi connectivity index (χ1n) is 7.65. The molecule has 2 aromatic carbocycles. The number of hydrogen-bond donors (Lipinski definition) is 3. The molecule has 0 bridgehead atoms. The fourth-order valence-electron chi connectivity index (χ4n) is 2.08. The summed E-state index contributed by atoms with van der Waals surface area (Å²) < 4.78 is 32.7. The molecule has 8 heteroatoms. The molecule has 0 aliphatic rings. The lowest BCUT2D eigenvalue weighted by Gasteiger charge is -2.14. The van der Waals surface area contributed by atoms with Crippen LogP contribution in [-0.2, 0) is 10.0 Å². The topological polar surface area (TPSA) is 79.5 Å². The number of rotatable bonds is 6. The zero-order valence-corrected chi connectivity index (χ0v) is 15.9. The molecule has 0 aromatic heterocycles. The summed E-state index contributed by atoms with van der Waals surface area (Å²) in [6.45, 7) is 3.96. The number of benzene rings is 2. The third-order valence-electron chi connectivity index (χ3n) is 3.19. The first-order valence-corrected chi connectivity index (χ1v) is 9.54. The van der Waals surface area contributed by atoms with Gasteiger partial charge in [0.1, 0.15) is 5.75 Å². The van der Waals surface area contributed by atoms with Crippen molar-refractivity contribution in [3.05, 3.63) is 48.5 Å². The van der Waals surface area contributed by atoms with Crippen LogP contribution in [0.15, 0.2) is 53.4 Å². The highest BCUT2D eigenvalue weighted by molar-refractivity contribution is 7.92. The largest absolute Gasteiger partial charge is 0.495 e. The van der Waals surface area contributed by atoms with E-state index in [1.54, 1.807) is 36.4 Å². The quantitative estimate of drug-likeness (QED) is 0.669. The Morgan fingerprint density at radius 1 is 1.08 bits per heavy atom. The lowest BCUT2D eigenvalue weighted by atomic mass is 10.3. The zero-order valence-electron chi connectivity index (χ0n) is 14.2. The van der Waals surface area contributed by atoms with Gasteiger partial charge >= 0.3 is 0 Å². The van der Waals surface area contributed by atoms with Crippen molar-refractivity contribution in [3.63, 3.8) is 0 Å². The second-order valence-electron chi connectivity index (χ2n) is 5.58. The van der Waals surface area contributed by atoms with Crippen LogP contribution in [-0.4, -0.2) is 26.7 Å². The van der Waals surface area contributed by atoms with Gasteiger partial charge in [0, 0.05) is 11.7 Å². The van der Waals surface area contributed by atoms with Crippen LogP contribution in [0.5, 0.6) is 5.75 Å². The van der Waals surface area contributed by atoms with E-state index in [1.165, 1.54) is 19.2 Å². The average Bonchev–Trinajstić information content (AvgIpc) is 2.54. The number of nitrogens with one attached hydrogen (secondary N) is 3. The van der Waals surface area contributed by atoms with Crippen molar-refractivity contribution in [2.45, 2.75) is 24.8 Å². The second-order valence-corrected chi connectivity index (χ2v) is 7.67. The molecule has 0 heterocycles. The summed E-state index contributed by atoms with van der Waals surface area (Å²) in [5, 5.41) is 6.55. The lowest BCUT2D eigenvalue weighted by molar-refractivity contribution is 0.417. The molecular formula is C17H21N3O3S2. The molecule has 0 spiro atoms. The van der Waals surface area contributed by atoms with E-state index in [1.807, 2.05) is 13.8 Å². The molecule has 2 aromatic rings. The fourth-order valence-corrected chi connectivity index (χ4v) is 3.50. The molecule has 134 valence electrons. The summed E-state index contributed by atoms with van der Waals surface area (Å²) in [5.41, 5.74) is 1.09. The summed E-state index contributed by atoms with van der Waals surface area (Å²) in [4.78, 5) is 0.145. The Morgan fingerprint density at radius 2 is 1.72 bits per heavy atom. The molecule has 0 radical (unpaired) electrons. The maximum atomic E-state index is 12.5. The third-order valence-corrected chi connectivity index (χ3v) is 4.79. The van der Waals surface area contributed by atoms with E-state index in [2.05, 4.69) is 15.4 Å². The first-order chi connectivity index (χ1) is 11.8. The zero-order chi connectivity index (χ0) is 18.4. The molecule has 25 heavy (non-hydrogen) atoms. The van der Waals surface area contributed by atoms with Crippen LogP contribution in [0.1, 0.15) is 13.8 Å². The van der Waals surface area contributed by atoms with Gasteiger partial charge in [-0.05, 0) is 62.5 Å². The molecule has 0 atom stereocenters. The summed E-state index contributed by atoms with van der Waals surface area (Å²) in [7, 11) is -2.23. The van der Waals surface area contributed by atoms with Crippen molar-refractivity contribution in [1.82, 2.24) is 5.32 Å². The molecule has 0 fully saturated rings. The van der Waals surface area contributed by atoms with Crippen LogP contribution in [0.4, 0.5) is 11.4 Å². The van der Waals surface area contributed by atoms with Gasteiger partial charge in [-0.1, -0.05) is 12.1 Å². The predicted octanol–water partition coefficient (Wildman–Crippen LogP) is 3.19. The maximum absolute atomic E-state index is 12.5. The summed E-state index contributed by atoms with van der Waals surface area (Å²) >= 11 is 5.17. The molecule has 0 saturated carbocycles. The Balaban J connectivity index is 2.13. The van der Waals surface area contributed by atoms with Crippen molar-refractivity contribution in [3.8, 4) is 5.75 Å². The van der Waals surface area contributed by atoms with E-state index >= 15 is 0 Å². The van der Waals surface area contributed by atoms with Gasteiger partial charge in [0.05, 0.1) is 17.7 Å². The van der Waals surface area contributed by atoms with Gasteiger partial charge in [0.15, 0.2) is 5.11 Å². The Bertz CT molecular complexity index is 834. The molecule has 2 rings (SSSR count). The van der Waals surface area contributed by atoms with Gasteiger partial charge < -0.3 is 15.4 Å². The third kappa shape index (κ3) is 5.33. The van der Waals surface area contributed by atoms with E-state index in [0.717, 1.165) is 0 Å². The summed E-state index contributed by atoms with van der Waals surface area (Å²) in [6, 6.07) is 13.4. The highest BCUT2D eigenvalue weighted by Gasteiger charge is 2.16. The van der Waals surface area contributed by atoms with E-state index in [4.69, 9.17) is 17.0 Å². The Kier molecular flexibility index (Phi) is 6.22. The van der Waals surface area contributed by atoms with Crippen LogP contribution in [0.2, 0.25) is 0 Å². The lowest BCUT2D eigenvalue weighted by Crippen LogP contribution is -2.33. The minimum atomic E-state index is -3.72. The first kappa shape index (κ1) is 19.0. The minimum Gasteiger partial charge on any atom is -0.495 e. The average molecular weight is 380 g/mol. The van der Waals surface area contributed by atoms with E-state index in [9.17, 15) is 8.42 Å². The highest BCUT2D eigenvalue weighted by atomic mass is 32.2. The van der Waals surface area contributed by atoms with Crippen molar-refractivity contribution in [2.75, 3.05) is 17.1 Å². The Labute approximate surface area is 153 Å². The molecule has 0 aliphatic heterocycles. The van der Waals surface area contributed by atoms with Gasteiger partial charge in [0.25, 0.3) is 10.0 Å². The van der Waals surface area contributed by atoms with Crippen LogP contribution >= 0.6 is 12.2 Å². The molecular weight excluding hydrogens is 358 g/mol. The van der Waals surface area contributed by atoms with Gasteiger partial charge in [-0.2, -0.15) is 0 Å². The smallest absolute Gasteiger partial charge is 0.262 e. The molecule has 6 nitrogen and oxygen atoms in total. The number of hydrogen-bond acceptors (Lipinski definition) is 4. The normalized spacial score (nSPS) is 11.0. The standard InChI is InChI=1S/C17H21N3O3S2/c1-12(2)18-17(24)19-13-8-10-14(11-9-13)25(21,22)20-15-6-4-5-7-16(15)23-3/h4-12,20H,1-3H3,(H2,18,19,24).